The van der Waals surface area contributed by atoms with Crippen LogP contribution in [0.5, 0.6) is 0 Å². The molecule has 0 saturated carbocycles. The molecule has 1 aromatic carbocycles. The van der Waals surface area contributed by atoms with Gasteiger partial charge >= 0.3 is 0 Å². The zero-order valence-electron chi connectivity index (χ0n) is 9.74. The van der Waals surface area contributed by atoms with Crippen LogP contribution in [0.2, 0.25) is 0 Å². The number of nitrogens with one attached hydrogen (secondary N) is 1. The van der Waals surface area contributed by atoms with E-state index in [0.29, 0.717) is 4.77 Å². The van der Waals surface area contributed by atoms with Gasteiger partial charge < -0.3 is 0 Å². The van der Waals surface area contributed by atoms with Crippen LogP contribution in [-0.4, -0.2) is 24.5 Å². The molecule has 0 radical (unpaired) electrons. The molecule has 90 valence electrons. The van der Waals surface area contributed by atoms with E-state index in [4.69, 9.17) is 12.2 Å². The number of hydrogen-bond acceptors (Lipinski definition) is 3. The Morgan fingerprint density at radius 2 is 2.00 bits per heavy atom. The van der Waals surface area contributed by atoms with Gasteiger partial charge in [0.05, 0.1) is 17.4 Å². The molecular weight excluding hydrogens is 246 g/mol. The van der Waals surface area contributed by atoms with Crippen LogP contribution < -0.4 is 0 Å². The highest BCUT2D eigenvalue weighted by molar-refractivity contribution is 7.71. The normalized spacial score (nSPS) is 10.7. The van der Waals surface area contributed by atoms with Crippen LogP contribution in [0.4, 0.5) is 0 Å². The standard InChI is InChI=1S/C12H11N5S/c1-16-8-9(7-13-16)11-14-12(18)15-17(11)10-5-3-2-4-6-10/h2-8H,1H3,(H,15,18). The van der Waals surface area contributed by atoms with Crippen LogP contribution in [0, 0.1) is 4.77 Å². The van der Waals surface area contributed by atoms with E-state index < -0.39 is 0 Å². The van der Waals surface area contributed by atoms with Crippen LogP contribution in [0.1, 0.15) is 0 Å². The Kier molecular flexibility index (Phi) is 2.56. The van der Waals surface area contributed by atoms with Crippen molar-refractivity contribution in [2.75, 3.05) is 0 Å². The summed E-state index contributed by atoms with van der Waals surface area (Å²) in [7, 11) is 1.87. The summed E-state index contributed by atoms with van der Waals surface area (Å²) in [6, 6.07) is 9.90. The number of aromatic amines is 1. The molecule has 3 rings (SSSR count). The van der Waals surface area contributed by atoms with Crippen molar-refractivity contribution in [2.24, 2.45) is 7.05 Å². The Hall–Kier alpha value is -2.21. The SMILES string of the molecule is Cn1cc(-c2nc(=S)[nH]n2-c2ccccc2)cn1. The van der Waals surface area contributed by atoms with E-state index in [1.54, 1.807) is 10.9 Å². The Labute approximate surface area is 109 Å². The molecule has 5 nitrogen and oxygen atoms in total. The number of aromatic nitrogens is 5. The van der Waals surface area contributed by atoms with Crippen molar-refractivity contribution >= 4 is 12.2 Å². The molecule has 0 aliphatic heterocycles. The molecule has 0 atom stereocenters. The molecule has 0 fully saturated rings. The van der Waals surface area contributed by atoms with Crippen molar-refractivity contribution in [2.45, 2.75) is 0 Å². The van der Waals surface area contributed by atoms with Crippen LogP contribution in [0.25, 0.3) is 17.1 Å². The molecule has 1 N–H and O–H groups in total. The number of para-hydroxylation sites is 1. The average Bonchev–Trinajstić information content (AvgIpc) is 2.96. The van der Waals surface area contributed by atoms with E-state index in [9.17, 15) is 0 Å². The van der Waals surface area contributed by atoms with Gasteiger partial charge in [0.1, 0.15) is 0 Å². The van der Waals surface area contributed by atoms with Gasteiger partial charge in [-0.15, -0.1) is 0 Å². The molecule has 0 amide bonds. The van der Waals surface area contributed by atoms with Crippen LogP contribution in [0.3, 0.4) is 0 Å². The largest absolute Gasteiger partial charge is 0.275 e. The van der Waals surface area contributed by atoms with Crippen LogP contribution in [0.15, 0.2) is 42.7 Å². The number of nitrogens with zero attached hydrogens (tertiary/aromatic N) is 4. The van der Waals surface area contributed by atoms with Crippen molar-refractivity contribution in [3.63, 3.8) is 0 Å². The van der Waals surface area contributed by atoms with Gasteiger partial charge in [0.15, 0.2) is 5.82 Å². The molecule has 2 aromatic heterocycles. The zero-order valence-corrected chi connectivity index (χ0v) is 10.6. The van der Waals surface area contributed by atoms with Crippen LogP contribution in [-0.2, 0) is 7.05 Å². The summed E-state index contributed by atoms with van der Waals surface area (Å²) in [5.74, 6) is 0.763. The molecule has 0 saturated heterocycles. The molecule has 18 heavy (non-hydrogen) atoms. The second kappa shape index (κ2) is 4.23. The number of H-pyrrole nitrogens is 1. The summed E-state index contributed by atoms with van der Waals surface area (Å²) in [6.45, 7) is 0. The maximum Gasteiger partial charge on any atom is 0.214 e. The van der Waals surface area contributed by atoms with Crippen molar-refractivity contribution in [3.05, 3.63) is 47.5 Å². The summed E-state index contributed by atoms with van der Waals surface area (Å²) in [4.78, 5) is 4.34. The van der Waals surface area contributed by atoms with E-state index in [1.165, 1.54) is 0 Å². The average molecular weight is 257 g/mol. The fourth-order valence-electron chi connectivity index (χ4n) is 1.81. The molecule has 0 aliphatic rings. The van der Waals surface area contributed by atoms with E-state index >= 15 is 0 Å². The summed E-state index contributed by atoms with van der Waals surface area (Å²) < 4.78 is 4.06. The van der Waals surface area contributed by atoms with Gasteiger partial charge in [-0.05, 0) is 24.4 Å². The smallest absolute Gasteiger partial charge is 0.214 e. The van der Waals surface area contributed by atoms with Crippen molar-refractivity contribution in [1.82, 2.24) is 24.5 Å². The summed E-state index contributed by atoms with van der Waals surface area (Å²) in [5, 5.41) is 7.20. The summed E-state index contributed by atoms with van der Waals surface area (Å²) in [6.07, 6.45) is 3.68. The van der Waals surface area contributed by atoms with Gasteiger partial charge in [-0.1, -0.05) is 18.2 Å². The van der Waals surface area contributed by atoms with Crippen molar-refractivity contribution in [3.8, 4) is 17.1 Å². The van der Waals surface area contributed by atoms with Gasteiger partial charge in [-0.2, -0.15) is 10.1 Å². The third-order valence-corrected chi connectivity index (χ3v) is 2.79. The van der Waals surface area contributed by atoms with E-state index in [-0.39, 0.29) is 0 Å². The van der Waals surface area contributed by atoms with E-state index in [2.05, 4.69) is 15.2 Å². The highest BCUT2D eigenvalue weighted by atomic mass is 32.1. The first kappa shape index (κ1) is 10.9. The minimum absolute atomic E-state index is 0.456. The Balaban J connectivity index is 2.20. The van der Waals surface area contributed by atoms with Crippen LogP contribution >= 0.6 is 12.2 Å². The predicted octanol–water partition coefficient (Wildman–Crippen LogP) is 2.33. The van der Waals surface area contributed by atoms with Gasteiger partial charge in [0.25, 0.3) is 0 Å². The quantitative estimate of drug-likeness (QED) is 0.717. The lowest BCUT2D eigenvalue weighted by Crippen LogP contribution is -1.98. The summed E-state index contributed by atoms with van der Waals surface area (Å²) in [5.41, 5.74) is 1.91. The fourth-order valence-corrected chi connectivity index (χ4v) is 1.99. The molecule has 0 bridgehead atoms. The lowest BCUT2D eigenvalue weighted by Gasteiger charge is -2.04. The highest BCUT2D eigenvalue weighted by Crippen LogP contribution is 2.19. The molecular formula is C12H11N5S. The predicted molar refractivity (Wildman–Crippen MR) is 71.0 cm³/mol. The fraction of sp³-hybridized carbons (Fsp3) is 0.0833. The van der Waals surface area contributed by atoms with E-state index in [1.807, 2.05) is 48.3 Å². The second-order valence-corrected chi connectivity index (χ2v) is 4.31. The molecule has 0 aliphatic carbocycles. The third-order valence-electron chi connectivity index (χ3n) is 2.60. The Bertz CT molecular complexity index is 722. The van der Waals surface area contributed by atoms with Gasteiger partial charge in [0.2, 0.25) is 4.77 Å². The molecule has 0 spiro atoms. The van der Waals surface area contributed by atoms with Gasteiger partial charge in [-0.25, -0.2) is 4.68 Å². The third kappa shape index (κ3) is 1.86. The number of aryl methyl sites for hydroxylation is 1. The second-order valence-electron chi connectivity index (χ2n) is 3.93. The first-order chi connectivity index (χ1) is 8.74. The lowest BCUT2D eigenvalue weighted by atomic mass is 10.3. The highest BCUT2D eigenvalue weighted by Gasteiger charge is 2.10. The zero-order chi connectivity index (χ0) is 12.5. The first-order valence-corrected chi connectivity index (χ1v) is 5.88. The van der Waals surface area contributed by atoms with Gasteiger partial charge in [0, 0.05) is 13.2 Å². The maximum absolute atomic E-state index is 5.11. The van der Waals surface area contributed by atoms with Crippen molar-refractivity contribution < 1.29 is 0 Å². The summed E-state index contributed by atoms with van der Waals surface area (Å²) >= 11 is 5.11. The first-order valence-electron chi connectivity index (χ1n) is 5.47. The van der Waals surface area contributed by atoms with Crippen molar-refractivity contribution in [1.29, 1.82) is 0 Å². The maximum atomic E-state index is 5.11. The number of rotatable bonds is 2. The number of hydrogen-bond donors (Lipinski definition) is 1. The lowest BCUT2D eigenvalue weighted by molar-refractivity contribution is 0.767. The molecule has 6 heteroatoms. The molecule has 0 unspecified atom stereocenters. The minimum atomic E-state index is 0.456. The van der Waals surface area contributed by atoms with E-state index in [0.717, 1.165) is 17.1 Å². The molecule has 2 heterocycles. The van der Waals surface area contributed by atoms with Gasteiger partial charge in [-0.3, -0.25) is 9.78 Å². The monoisotopic (exact) mass is 257 g/mol. The Morgan fingerprint density at radius 1 is 1.22 bits per heavy atom. The minimum Gasteiger partial charge on any atom is -0.275 e. The Morgan fingerprint density at radius 3 is 2.67 bits per heavy atom. The topological polar surface area (TPSA) is 51.4 Å². The number of benzene rings is 1. The molecule has 3 aromatic rings.